The van der Waals surface area contributed by atoms with Crippen molar-refractivity contribution >= 4 is 146 Å². The van der Waals surface area contributed by atoms with Gasteiger partial charge in [-0.25, -0.2) is 28.6 Å². The van der Waals surface area contributed by atoms with Gasteiger partial charge in [0.15, 0.2) is 16.5 Å². The second kappa shape index (κ2) is 43.1. The zero-order valence-corrected chi connectivity index (χ0v) is 62.9. The number of aromatic nitrogens is 6. The number of alkyl halides is 2. The number of aliphatic carboxylic acids is 1. The molecule has 1 aliphatic carbocycles. The Kier molecular flexibility index (Phi) is 37.2. The Balaban J connectivity index is 0.000000340. The first-order valence-electron chi connectivity index (χ1n) is 30.5. The van der Waals surface area contributed by atoms with E-state index in [9.17, 15) is 55.8 Å². The predicted octanol–water partition coefficient (Wildman–Crippen LogP) is 7.48. The van der Waals surface area contributed by atoms with E-state index in [0.717, 1.165) is 55.3 Å². The van der Waals surface area contributed by atoms with E-state index in [0.29, 0.717) is 65.7 Å². The molecule has 101 heavy (non-hydrogen) atoms. The number of urea groups is 1. The number of amides is 6. The Bertz CT molecular complexity index is 3800. The fourth-order valence-corrected chi connectivity index (χ4v) is 10.4. The quantitative estimate of drug-likeness (QED) is 0.00832. The number of sulfonamides is 1. The van der Waals surface area contributed by atoms with Crippen molar-refractivity contribution < 1.29 is 89.5 Å². The predicted molar refractivity (Wildman–Crippen MR) is 380 cm³/mol. The molecule has 0 saturated heterocycles. The van der Waals surface area contributed by atoms with Crippen LogP contribution in [0, 0.1) is 5.82 Å². The summed E-state index contributed by atoms with van der Waals surface area (Å²) >= 11 is 23.0. The van der Waals surface area contributed by atoms with Crippen LogP contribution >= 0.6 is 54.0 Å². The van der Waals surface area contributed by atoms with Gasteiger partial charge in [0.05, 0.1) is 86.5 Å². The normalized spacial score (nSPS) is 14.1. The number of anilines is 5. The van der Waals surface area contributed by atoms with Crippen molar-refractivity contribution in [3.05, 3.63) is 93.6 Å². The fraction of sp³-hybridized carbons (Fsp3) is 0.459. The molecule has 0 radical (unpaired) electrons. The topological polar surface area (TPSA) is 428 Å². The lowest BCUT2D eigenvalue weighted by Crippen LogP contribution is -2.47. The SMILES string of the molecule is CC1COc2ccccc2N1C(=O)C(Cl)Cl.CCCCCOC(=O)COc1cc(N2C(=O)C3=C(CCCC3)C2=O)c(F)cc1Cl.CCNc1nc(Cl)nc(NC(C)C)n1.COc1cc(OC)nc(NC(=O)NS(=O)(=O)c2ncccc2C(=O)N(C)C)n1.C[S+](C)C.O=C(O)CNCP(=O)([O-])O. The highest BCUT2D eigenvalue weighted by atomic mass is 35.5. The Morgan fingerprint density at radius 1 is 0.881 bits per heavy atom. The molecule has 2 aromatic carbocycles. The number of imide groups is 1. The maximum absolute atomic E-state index is 14.5. The Labute approximate surface area is 607 Å². The van der Waals surface area contributed by atoms with Crippen LogP contribution in [-0.2, 0) is 54.2 Å². The maximum atomic E-state index is 14.5. The van der Waals surface area contributed by atoms with Crippen molar-refractivity contribution in [1.29, 1.82) is 0 Å². The number of carbonyl (C=O) groups excluding carboxylic acids is 6. The van der Waals surface area contributed by atoms with Crippen molar-refractivity contribution in [2.24, 2.45) is 0 Å². The molecule has 3 aromatic heterocycles. The van der Waals surface area contributed by atoms with Gasteiger partial charge in [-0.05, 0) is 113 Å². The van der Waals surface area contributed by atoms with Crippen LogP contribution in [-0.4, -0.2) is 198 Å². The van der Waals surface area contributed by atoms with E-state index in [1.54, 1.807) is 9.62 Å². The number of carboxylic acid groups (broad SMARTS) is 1. The first kappa shape index (κ1) is 87.2. The number of carboxylic acids is 1. The van der Waals surface area contributed by atoms with E-state index in [4.69, 9.17) is 80.1 Å². The Morgan fingerprint density at radius 2 is 1.49 bits per heavy atom. The lowest BCUT2D eigenvalue weighted by atomic mass is 9.93. The number of carbonyl (C=O) groups is 7. The number of nitrogens with zero attached hydrogens (tertiary/aromatic N) is 9. The number of ether oxygens (including phenoxy) is 5. The number of nitrogens with one attached hydrogen (secondary N) is 5. The largest absolute Gasteiger partial charge is 0.778 e. The summed E-state index contributed by atoms with van der Waals surface area (Å²) in [5.41, 5.74) is 1.21. The van der Waals surface area contributed by atoms with Crippen molar-refractivity contribution in [2.45, 2.75) is 102 Å². The van der Waals surface area contributed by atoms with Crippen LogP contribution in [0.4, 0.5) is 38.4 Å². The van der Waals surface area contributed by atoms with Gasteiger partial charge in [-0.3, -0.25) is 34.6 Å². The summed E-state index contributed by atoms with van der Waals surface area (Å²) in [6, 6.07) is 12.6. The van der Waals surface area contributed by atoms with Gasteiger partial charge in [-0.1, -0.05) is 66.7 Å². The molecule has 5 heterocycles. The second-order valence-corrected chi connectivity index (χ2v) is 29.5. The molecule has 6 amide bonds. The number of pyridine rings is 1. The smallest absolute Gasteiger partial charge is 0.344 e. The third-order valence-electron chi connectivity index (χ3n) is 12.6. The number of hydrogen-bond donors (Lipinski definition) is 7. The van der Waals surface area contributed by atoms with Crippen molar-refractivity contribution in [1.82, 2.24) is 44.8 Å². The summed E-state index contributed by atoms with van der Waals surface area (Å²) in [4.78, 5) is 127. The van der Waals surface area contributed by atoms with Gasteiger partial charge in [-0.2, -0.15) is 33.3 Å². The molecular weight excluding hydrogens is 1470 g/mol. The average molecular weight is 1560 g/mol. The number of benzene rings is 2. The van der Waals surface area contributed by atoms with Crippen LogP contribution < -0.4 is 59.6 Å². The second-order valence-electron chi connectivity index (χ2n) is 22.0. The van der Waals surface area contributed by atoms with Gasteiger partial charge < -0.3 is 63.6 Å². The highest BCUT2D eigenvalue weighted by molar-refractivity contribution is 7.94. The summed E-state index contributed by atoms with van der Waals surface area (Å²) in [5, 5.41) is 17.7. The van der Waals surface area contributed by atoms with Gasteiger partial charge in [0, 0.05) is 50.1 Å². The molecule has 0 bridgehead atoms. The number of hydrogen-bond acceptors (Lipinski definition) is 25. The highest BCUT2D eigenvalue weighted by Crippen LogP contribution is 2.40. The number of unbranched alkanes of at least 4 members (excludes halogenated alkanes) is 2. The molecule has 2 unspecified atom stereocenters. The number of rotatable bonds is 23. The van der Waals surface area contributed by atoms with Gasteiger partial charge in [0.1, 0.15) is 31.5 Å². The molecule has 0 fully saturated rings. The minimum Gasteiger partial charge on any atom is -0.778 e. The molecule has 2 atom stereocenters. The third-order valence-corrected chi connectivity index (χ3v) is 15.4. The van der Waals surface area contributed by atoms with E-state index in [1.807, 2.05) is 64.2 Å². The standard InChI is InChI=1S/C21H23ClFNO5.C15H18N6O6S.C11H11Cl2NO2.C8H14ClN5.C3H8NO5P.C3H9S/c1-2-3-6-9-28-19(25)12-29-18-11-17(16(23)10-15(18)22)24-20(26)13-7-4-5-8-14(13)21(24)27;1-21(2)13(22)9-6-5-7-16-12(9)28(24,25)20-15(23)19-14-17-10(26-3)8-11(18-14)27-4;1-7-6-16-9-5-3-2-4-8(9)14(7)11(15)10(12)13;1-4-10-7-12-6(9)13-8(14-7)11-5(2)3;5-3(6)1-4-2-10(7,8)9;1-4(2)3/h10-11H,2-9,12H2,1H3;5-8H,1-4H3,(H2,17,18,19,20,23);2-5,7,10H,6H2,1H3;5H,4H2,1-3H3,(H2,10,11,12,13,14);4H,1-2H2,(H,5,6)(H2,7,8,9);1-3H3/q;;;;;+1/p-1. The summed E-state index contributed by atoms with van der Waals surface area (Å²) < 4.78 is 77.1. The van der Waals surface area contributed by atoms with E-state index >= 15 is 0 Å². The van der Waals surface area contributed by atoms with Gasteiger partial charge in [-0.15, -0.1) is 0 Å². The Morgan fingerprint density at radius 3 is 2.03 bits per heavy atom. The summed E-state index contributed by atoms with van der Waals surface area (Å²) in [6.45, 7) is 10.5. The molecule has 5 aromatic rings. The van der Waals surface area contributed by atoms with Gasteiger partial charge in [0.25, 0.3) is 33.7 Å². The van der Waals surface area contributed by atoms with E-state index in [2.05, 4.69) is 64.6 Å². The van der Waals surface area contributed by atoms with Crippen LogP contribution in [0.15, 0.2) is 77.0 Å². The minimum absolute atomic E-state index is 0.000883. The van der Waals surface area contributed by atoms with Crippen LogP contribution in [0.3, 0.4) is 0 Å². The lowest BCUT2D eigenvalue weighted by Gasteiger charge is -2.35. The number of halogens is 5. The van der Waals surface area contributed by atoms with Crippen molar-refractivity contribution in [3.8, 4) is 23.3 Å². The molecule has 0 saturated carbocycles. The molecule has 556 valence electrons. The molecule has 8 rings (SSSR count). The van der Waals surface area contributed by atoms with Gasteiger partial charge >= 0.3 is 18.0 Å². The minimum atomic E-state index is -4.46. The maximum Gasteiger partial charge on any atom is 0.344 e. The third kappa shape index (κ3) is 29.9. The van der Waals surface area contributed by atoms with Crippen molar-refractivity contribution in [2.75, 3.05) is 112 Å². The first-order valence-corrected chi connectivity index (χ1v) is 37.9. The monoisotopic (exact) mass is 1550 g/mol. The van der Waals surface area contributed by atoms with E-state index in [1.165, 1.54) is 63.7 Å². The zero-order valence-electron chi connectivity index (χ0n) is 57.3. The molecule has 0 spiro atoms. The van der Waals surface area contributed by atoms with Gasteiger partial charge in [0.2, 0.25) is 34.9 Å². The Hall–Kier alpha value is -7.99. The highest BCUT2D eigenvalue weighted by Gasteiger charge is 2.41. The molecule has 40 heteroatoms. The summed E-state index contributed by atoms with van der Waals surface area (Å²) in [6.07, 6.45) is 12.5. The van der Waals surface area contributed by atoms with Crippen LogP contribution in [0.5, 0.6) is 23.3 Å². The molecule has 3 aliphatic rings. The van der Waals surface area contributed by atoms with E-state index in [-0.39, 0.29) is 63.0 Å². The van der Waals surface area contributed by atoms with Crippen LogP contribution in [0.2, 0.25) is 10.3 Å². The number of para-hydroxylation sites is 2. The summed E-state index contributed by atoms with van der Waals surface area (Å²) in [5.74, 6) is -2.88. The molecule has 2 aliphatic heterocycles. The molecule has 32 nitrogen and oxygen atoms in total. The lowest BCUT2D eigenvalue weighted by molar-refractivity contribution is -0.193. The summed E-state index contributed by atoms with van der Waals surface area (Å²) in [7, 11) is -2.56. The van der Waals surface area contributed by atoms with Crippen molar-refractivity contribution in [3.63, 3.8) is 0 Å². The van der Waals surface area contributed by atoms with Crippen LogP contribution in [0.25, 0.3) is 0 Å². The van der Waals surface area contributed by atoms with E-state index < -0.39 is 88.4 Å². The zero-order chi connectivity index (χ0) is 75.9. The first-order chi connectivity index (χ1) is 47.5. The fourth-order valence-electron chi connectivity index (χ4n) is 8.41. The number of esters is 1. The number of methoxy groups -OCH3 is 2. The number of fused-ring (bicyclic) bond motifs is 1. The molecule has 7 N–H and O–H groups in total. The average Bonchev–Trinajstić information content (AvgIpc) is 1.67. The molecular formula is C61H82Cl4FN14O18PS2. The van der Waals surface area contributed by atoms with Crippen LogP contribution in [0.1, 0.15) is 89.9 Å².